The number of hydrogen-bond acceptors (Lipinski definition) is 4. The van der Waals surface area contributed by atoms with Crippen molar-refractivity contribution in [3.63, 3.8) is 0 Å². The molecule has 3 N–H and O–H groups in total. The summed E-state index contributed by atoms with van der Waals surface area (Å²) in [6, 6.07) is 5.18. The number of aliphatic hydroxyl groups is 1. The lowest BCUT2D eigenvalue weighted by molar-refractivity contribution is -0.0582. The zero-order valence-electron chi connectivity index (χ0n) is 11.7. The van der Waals surface area contributed by atoms with Crippen LogP contribution >= 0.6 is 12.4 Å². The Kier molecular flexibility index (Phi) is 4.47. The molecule has 1 fully saturated rings. The molecule has 4 nitrogen and oxygen atoms in total. The van der Waals surface area contributed by atoms with Gasteiger partial charge < -0.3 is 20.3 Å². The van der Waals surface area contributed by atoms with E-state index in [0.717, 1.165) is 37.0 Å². The van der Waals surface area contributed by atoms with Gasteiger partial charge in [-0.3, -0.25) is 0 Å². The van der Waals surface area contributed by atoms with Gasteiger partial charge in [-0.25, -0.2) is 0 Å². The molecule has 1 spiro atoms. The number of rotatable bonds is 1. The molecule has 0 aromatic heterocycles. The first kappa shape index (κ1) is 15.4. The second-order valence-electron chi connectivity index (χ2n) is 5.60. The quantitative estimate of drug-likeness (QED) is 0.836. The summed E-state index contributed by atoms with van der Waals surface area (Å²) in [6.45, 7) is 0. The average Bonchev–Trinajstić information content (AvgIpc) is 2.46. The van der Waals surface area contributed by atoms with Gasteiger partial charge in [0.2, 0.25) is 0 Å². The summed E-state index contributed by atoms with van der Waals surface area (Å²) in [5, 5.41) is 10.5. The van der Waals surface area contributed by atoms with E-state index in [1.54, 1.807) is 7.11 Å². The Balaban J connectivity index is 0.00000147. The lowest BCUT2D eigenvalue weighted by Gasteiger charge is -2.47. The van der Waals surface area contributed by atoms with E-state index in [1.165, 1.54) is 6.42 Å². The van der Waals surface area contributed by atoms with Crippen molar-refractivity contribution in [1.82, 2.24) is 0 Å². The van der Waals surface area contributed by atoms with Gasteiger partial charge in [-0.1, -0.05) is 6.42 Å². The SMILES string of the molecule is COc1ccc2c(c1)C(O)C(N)C1(CCCCC1)O2.Cl. The number of fused-ring (bicyclic) bond motifs is 1. The third-order valence-electron chi connectivity index (χ3n) is 4.50. The van der Waals surface area contributed by atoms with E-state index < -0.39 is 6.10 Å². The van der Waals surface area contributed by atoms with E-state index in [-0.39, 0.29) is 24.0 Å². The molecule has 1 aliphatic heterocycles. The van der Waals surface area contributed by atoms with Crippen molar-refractivity contribution in [2.24, 2.45) is 5.73 Å². The maximum Gasteiger partial charge on any atom is 0.127 e. The molecular formula is C15H22ClNO3. The second kappa shape index (κ2) is 5.80. The zero-order valence-corrected chi connectivity index (χ0v) is 12.5. The van der Waals surface area contributed by atoms with Crippen molar-refractivity contribution in [2.75, 3.05) is 7.11 Å². The summed E-state index contributed by atoms with van der Waals surface area (Å²) in [5.41, 5.74) is 6.63. The fraction of sp³-hybridized carbons (Fsp3) is 0.600. The van der Waals surface area contributed by atoms with Crippen molar-refractivity contribution >= 4 is 12.4 Å². The maximum atomic E-state index is 10.5. The monoisotopic (exact) mass is 299 g/mol. The summed E-state index contributed by atoms with van der Waals surface area (Å²) >= 11 is 0. The van der Waals surface area contributed by atoms with E-state index in [1.807, 2.05) is 18.2 Å². The number of nitrogens with two attached hydrogens (primary N) is 1. The standard InChI is InChI=1S/C15H21NO3.ClH/c1-18-10-5-6-12-11(9-10)13(17)14(16)15(19-12)7-3-2-4-8-15;/h5-6,9,13-14,17H,2-4,7-8,16H2,1H3;1H. The topological polar surface area (TPSA) is 64.7 Å². The number of aliphatic hydroxyl groups excluding tert-OH is 1. The lowest BCUT2D eigenvalue weighted by Crippen LogP contribution is -2.58. The van der Waals surface area contributed by atoms with Gasteiger partial charge in [-0.05, 0) is 43.9 Å². The van der Waals surface area contributed by atoms with Crippen LogP contribution in [0.5, 0.6) is 11.5 Å². The molecule has 1 aromatic rings. The maximum absolute atomic E-state index is 10.5. The van der Waals surface area contributed by atoms with Crippen LogP contribution in [-0.2, 0) is 0 Å². The van der Waals surface area contributed by atoms with Gasteiger partial charge in [-0.15, -0.1) is 12.4 Å². The minimum absolute atomic E-state index is 0. The average molecular weight is 300 g/mol. The smallest absolute Gasteiger partial charge is 0.127 e. The normalized spacial score (nSPS) is 27.1. The van der Waals surface area contributed by atoms with Crippen LogP contribution in [0.3, 0.4) is 0 Å². The van der Waals surface area contributed by atoms with Gasteiger partial charge in [0.25, 0.3) is 0 Å². The third-order valence-corrected chi connectivity index (χ3v) is 4.50. The van der Waals surface area contributed by atoms with Crippen LogP contribution in [0.15, 0.2) is 18.2 Å². The van der Waals surface area contributed by atoms with Crippen LogP contribution in [0.1, 0.15) is 43.8 Å². The third kappa shape index (κ3) is 2.36. The van der Waals surface area contributed by atoms with E-state index >= 15 is 0 Å². The van der Waals surface area contributed by atoms with Gasteiger partial charge in [0.1, 0.15) is 23.2 Å². The predicted molar refractivity (Wildman–Crippen MR) is 79.6 cm³/mol. The molecule has 0 saturated heterocycles. The molecular weight excluding hydrogens is 278 g/mol. The number of ether oxygens (including phenoxy) is 2. The molecule has 0 amide bonds. The molecule has 1 saturated carbocycles. The van der Waals surface area contributed by atoms with Crippen molar-refractivity contribution < 1.29 is 14.6 Å². The molecule has 0 bridgehead atoms. The summed E-state index contributed by atoms with van der Waals surface area (Å²) < 4.78 is 11.4. The Morgan fingerprint density at radius 2 is 2.00 bits per heavy atom. The Labute approximate surface area is 125 Å². The number of halogens is 1. The molecule has 112 valence electrons. The van der Waals surface area contributed by atoms with Crippen LogP contribution < -0.4 is 15.2 Å². The molecule has 5 heteroatoms. The van der Waals surface area contributed by atoms with Gasteiger partial charge in [-0.2, -0.15) is 0 Å². The van der Waals surface area contributed by atoms with Crippen LogP contribution in [-0.4, -0.2) is 23.9 Å². The predicted octanol–water partition coefficient (Wildman–Crippen LogP) is 2.57. The Bertz CT molecular complexity index is 474. The number of benzene rings is 1. The molecule has 2 atom stereocenters. The molecule has 1 heterocycles. The minimum Gasteiger partial charge on any atom is -0.497 e. The minimum atomic E-state index is -0.683. The van der Waals surface area contributed by atoms with Crippen molar-refractivity contribution in [3.05, 3.63) is 23.8 Å². The summed E-state index contributed by atoms with van der Waals surface area (Å²) in [7, 11) is 1.61. The summed E-state index contributed by atoms with van der Waals surface area (Å²) in [4.78, 5) is 0. The first-order chi connectivity index (χ1) is 9.16. The van der Waals surface area contributed by atoms with E-state index in [2.05, 4.69) is 0 Å². The van der Waals surface area contributed by atoms with E-state index in [0.29, 0.717) is 5.75 Å². The number of hydrogen-bond donors (Lipinski definition) is 2. The molecule has 1 aromatic carbocycles. The van der Waals surface area contributed by atoms with Crippen LogP contribution in [0.25, 0.3) is 0 Å². The molecule has 1 aliphatic carbocycles. The van der Waals surface area contributed by atoms with Crippen LogP contribution in [0.2, 0.25) is 0 Å². The van der Waals surface area contributed by atoms with Crippen molar-refractivity contribution in [2.45, 2.75) is 49.9 Å². The van der Waals surface area contributed by atoms with Gasteiger partial charge >= 0.3 is 0 Å². The fourth-order valence-corrected chi connectivity index (χ4v) is 3.33. The van der Waals surface area contributed by atoms with Gasteiger partial charge in [0.15, 0.2) is 0 Å². The van der Waals surface area contributed by atoms with E-state index in [9.17, 15) is 5.11 Å². The highest BCUT2D eigenvalue weighted by atomic mass is 35.5. The highest BCUT2D eigenvalue weighted by molar-refractivity contribution is 5.85. The lowest BCUT2D eigenvalue weighted by atomic mass is 9.74. The highest BCUT2D eigenvalue weighted by Crippen LogP contribution is 2.46. The van der Waals surface area contributed by atoms with Gasteiger partial charge in [0, 0.05) is 5.56 Å². The Morgan fingerprint density at radius 3 is 2.65 bits per heavy atom. The van der Waals surface area contributed by atoms with Crippen molar-refractivity contribution in [1.29, 1.82) is 0 Å². The molecule has 3 rings (SSSR count). The summed E-state index contributed by atoms with van der Waals surface area (Å²) in [6.07, 6.45) is 4.63. The molecule has 0 radical (unpaired) electrons. The second-order valence-corrected chi connectivity index (χ2v) is 5.60. The summed E-state index contributed by atoms with van der Waals surface area (Å²) in [5.74, 6) is 1.46. The molecule has 2 aliphatic rings. The first-order valence-electron chi connectivity index (χ1n) is 6.97. The first-order valence-corrected chi connectivity index (χ1v) is 6.97. The largest absolute Gasteiger partial charge is 0.497 e. The van der Waals surface area contributed by atoms with Crippen LogP contribution in [0.4, 0.5) is 0 Å². The van der Waals surface area contributed by atoms with Crippen molar-refractivity contribution in [3.8, 4) is 11.5 Å². The van der Waals surface area contributed by atoms with Gasteiger partial charge in [0.05, 0.1) is 13.2 Å². The Morgan fingerprint density at radius 1 is 1.30 bits per heavy atom. The van der Waals surface area contributed by atoms with E-state index in [4.69, 9.17) is 15.2 Å². The Hall–Kier alpha value is -0.970. The highest BCUT2D eigenvalue weighted by Gasteiger charge is 2.48. The van der Waals surface area contributed by atoms with Crippen LogP contribution in [0, 0.1) is 0 Å². The molecule has 20 heavy (non-hydrogen) atoms. The zero-order chi connectivity index (χ0) is 13.5. The fourth-order valence-electron chi connectivity index (χ4n) is 3.33. The number of methoxy groups -OCH3 is 1. The molecule has 2 unspecified atom stereocenters.